The average Bonchev–Trinajstić information content (AvgIpc) is 2.64. The summed E-state index contributed by atoms with van der Waals surface area (Å²) < 4.78 is 23.9. The quantitative estimate of drug-likeness (QED) is 0.684. The molecule has 0 atom stereocenters. The minimum absolute atomic E-state index is 0.171. The molecule has 0 unspecified atom stereocenters. The first-order valence-corrected chi connectivity index (χ1v) is 8.05. The first-order valence-electron chi connectivity index (χ1n) is 8.05. The number of ether oxygens (including phenoxy) is 2. The fraction of sp³-hybridized carbons (Fsp3) is 0.316. The van der Waals surface area contributed by atoms with Crippen LogP contribution in [0.1, 0.15) is 11.1 Å². The summed E-state index contributed by atoms with van der Waals surface area (Å²) >= 11 is 0. The van der Waals surface area contributed by atoms with E-state index in [4.69, 9.17) is 9.47 Å². The van der Waals surface area contributed by atoms with Gasteiger partial charge in [0.25, 0.3) is 0 Å². The summed E-state index contributed by atoms with van der Waals surface area (Å²) in [6.45, 7) is 1.01. The third-order valence-corrected chi connectivity index (χ3v) is 3.76. The van der Waals surface area contributed by atoms with Gasteiger partial charge in [0.15, 0.2) is 11.5 Å². The van der Waals surface area contributed by atoms with E-state index in [0.29, 0.717) is 23.6 Å². The van der Waals surface area contributed by atoms with Crippen molar-refractivity contribution in [3.05, 3.63) is 59.4 Å². The minimum atomic E-state index is -0.316. The largest absolute Gasteiger partial charge is 0.493 e. The third-order valence-electron chi connectivity index (χ3n) is 3.76. The van der Waals surface area contributed by atoms with E-state index in [1.807, 2.05) is 18.2 Å². The van der Waals surface area contributed by atoms with Gasteiger partial charge in [-0.25, -0.2) is 4.39 Å². The summed E-state index contributed by atoms with van der Waals surface area (Å²) in [5, 5.41) is 5.77. The third kappa shape index (κ3) is 5.76. The number of hydrogen-bond acceptors (Lipinski definition) is 4. The first kappa shape index (κ1) is 18.7. The second-order valence-corrected chi connectivity index (χ2v) is 5.48. The van der Waals surface area contributed by atoms with Gasteiger partial charge in [-0.1, -0.05) is 24.3 Å². The molecule has 0 aliphatic heterocycles. The topological polar surface area (TPSA) is 59.6 Å². The maximum Gasteiger partial charge on any atom is 0.234 e. The van der Waals surface area contributed by atoms with Crippen LogP contribution in [0.25, 0.3) is 0 Å². The van der Waals surface area contributed by atoms with Crippen molar-refractivity contribution >= 4 is 5.91 Å². The molecule has 134 valence electrons. The Balaban J connectivity index is 1.70. The molecule has 1 amide bonds. The van der Waals surface area contributed by atoms with Crippen LogP contribution in [0.5, 0.6) is 11.5 Å². The van der Waals surface area contributed by atoms with Crippen molar-refractivity contribution in [1.82, 2.24) is 10.6 Å². The van der Waals surface area contributed by atoms with E-state index in [2.05, 4.69) is 10.6 Å². The van der Waals surface area contributed by atoms with Crippen LogP contribution in [-0.2, 0) is 17.8 Å². The first-order chi connectivity index (χ1) is 12.1. The van der Waals surface area contributed by atoms with Gasteiger partial charge in [0, 0.05) is 12.1 Å². The summed E-state index contributed by atoms with van der Waals surface area (Å²) in [4.78, 5) is 11.8. The molecule has 0 bridgehead atoms. The molecule has 25 heavy (non-hydrogen) atoms. The van der Waals surface area contributed by atoms with Crippen molar-refractivity contribution in [1.29, 1.82) is 0 Å². The molecule has 2 N–H and O–H groups in total. The van der Waals surface area contributed by atoms with Gasteiger partial charge in [-0.15, -0.1) is 0 Å². The van der Waals surface area contributed by atoms with Crippen LogP contribution in [0.4, 0.5) is 4.39 Å². The molecule has 2 aromatic carbocycles. The van der Waals surface area contributed by atoms with Crippen LogP contribution in [0, 0.1) is 5.82 Å². The van der Waals surface area contributed by atoms with Crippen LogP contribution in [0.2, 0.25) is 0 Å². The second kappa shape index (κ2) is 9.64. The molecule has 0 saturated carbocycles. The molecule has 0 radical (unpaired) electrons. The van der Waals surface area contributed by atoms with Crippen molar-refractivity contribution in [2.75, 3.05) is 27.3 Å². The van der Waals surface area contributed by atoms with E-state index in [-0.39, 0.29) is 24.8 Å². The highest BCUT2D eigenvalue weighted by molar-refractivity contribution is 5.77. The highest BCUT2D eigenvalue weighted by atomic mass is 19.1. The normalized spacial score (nSPS) is 10.4. The molecule has 0 aromatic heterocycles. The van der Waals surface area contributed by atoms with Crippen LogP contribution >= 0.6 is 0 Å². The molecular formula is C19H23FN2O3. The summed E-state index contributed by atoms with van der Waals surface area (Å²) in [5.74, 6) is 0.883. The van der Waals surface area contributed by atoms with Gasteiger partial charge in [0.1, 0.15) is 5.82 Å². The lowest BCUT2D eigenvalue weighted by molar-refractivity contribution is -0.120. The average molecular weight is 346 g/mol. The Morgan fingerprint density at radius 3 is 2.56 bits per heavy atom. The summed E-state index contributed by atoms with van der Waals surface area (Å²) in [6.07, 6.45) is 0.751. The summed E-state index contributed by atoms with van der Waals surface area (Å²) in [7, 11) is 3.19. The molecule has 0 spiro atoms. The van der Waals surface area contributed by atoms with E-state index >= 15 is 0 Å². The molecule has 0 fully saturated rings. The number of amides is 1. The molecule has 0 saturated heterocycles. The van der Waals surface area contributed by atoms with Gasteiger partial charge in [0.05, 0.1) is 20.8 Å². The van der Waals surface area contributed by atoms with E-state index in [1.165, 1.54) is 6.07 Å². The number of rotatable bonds is 9. The Bertz CT molecular complexity index is 707. The number of benzene rings is 2. The van der Waals surface area contributed by atoms with E-state index in [0.717, 1.165) is 12.0 Å². The van der Waals surface area contributed by atoms with E-state index in [1.54, 1.807) is 32.4 Å². The van der Waals surface area contributed by atoms with Crippen molar-refractivity contribution in [2.24, 2.45) is 0 Å². The highest BCUT2D eigenvalue weighted by Gasteiger charge is 2.06. The lowest BCUT2D eigenvalue weighted by atomic mass is 10.1. The molecule has 2 rings (SSSR count). The van der Waals surface area contributed by atoms with Crippen LogP contribution in [-0.4, -0.2) is 33.2 Å². The monoisotopic (exact) mass is 346 g/mol. The summed E-state index contributed by atoms with van der Waals surface area (Å²) in [6, 6.07) is 12.1. The van der Waals surface area contributed by atoms with Gasteiger partial charge in [-0.3, -0.25) is 4.79 Å². The molecule has 2 aromatic rings. The number of hydrogen-bond donors (Lipinski definition) is 2. The zero-order valence-electron chi connectivity index (χ0n) is 14.5. The predicted molar refractivity (Wildman–Crippen MR) is 94.4 cm³/mol. The Labute approximate surface area is 147 Å². The minimum Gasteiger partial charge on any atom is -0.493 e. The van der Waals surface area contributed by atoms with Crippen molar-refractivity contribution in [3.63, 3.8) is 0 Å². The lowest BCUT2D eigenvalue weighted by Gasteiger charge is -2.10. The number of carbonyl (C=O) groups is 1. The standard InChI is InChI=1S/C19H23FN2O3/c1-24-17-8-7-14(11-18(17)25-2)9-10-21-13-19(23)22-12-15-5-3-4-6-16(15)20/h3-8,11,21H,9-10,12-13H2,1-2H3,(H,22,23). The van der Waals surface area contributed by atoms with E-state index < -0.39 is 0 Å². The van der Waals surface area contributed by atoms with Crippen molar-refractivity contribution < 1.29 is 18.7 Å². The smallest absolute Gasteiger partial charge is 0.234 e. The fourth-order valence-electron chi connectivity index (χ4n) is 2.37. The number of nitrogens with one attached hydrogen (secondary N) is 2. The zero-order valence-corrected chi connectivity index (χ0v) is 14.5. The van der Waals surface area contributed by atoms with Crippen molar-refractivity contribution in [3.8, 4) is 11.5 Å². The Morgan fingerprint density at radius 2 is 1.84 bits per heavy atom. The number of halogens is 1. The van der Waals surface area contributed by atoms with Crippen LogP contribution in [0.15, 0.2) is 42.5 Å². The Hall–Kier alpha value is -2.60. The van der Waals surface area contributed by atoms with E-state index in [9.17, 15) is 9.18 Å². The zero-order chi connectivity index (χ0) is 18.1. The number of carbonyl (C=O) groups excluding carboxylic acids is 1. The molecule has 6 heteroatoms. The van der Waals surface area contributed by atoms with Gasteiger partial charge >= 0.3 is 0 Å². The lowest BCUT2D eigenvalue weighted by Crippen LogP contribution is -2.34. The van der Waals surface area contributed by atoms with Crippen molar-refractivity contribution in [2.45, 2.75) is 13.0 Å². The molecular weight excluding hydrogens is 323 g/mol. The maximum absolute atomic E-state index is 13.5. The molecule has 0 aliphatic rings. The van der Waals surface area contributed by atoms with Crippen LogP contribution in [0.3, 0.4) is 0 Å². The maximum atomic E-state index is 13.5. The fourth-order valence-corrected chi connectivity index (χ4v) is 2.37. The molecule has 0 aliphatic carbocycles. The number of methoxy groups -OCH3 is 2. The van der Waals surface area contributed by atoms with Crippen LogP contribution < -0.4 is 20.1 Å². The van der Waals surface area contributed by atoms with Gasteiger partial charge in [0.2, 0.25) is 5.91 Å². The molecule has 0 heterocycles. The predicted octanol–water partition coefficient (Wildman–Crippen LogP) is 2.29. The molecule has 5 nitrogen and oxygen atoms in total. The highest BCUT2D eigenvalue weighted by Crippen LogP contribution is 2.27. The second-order valence-electron chi connectivity index (χ2n) is 5.48. The SMILES string of the molecule is COc1ccc(CCNCC(=O)NCc2ccccc2F)cc1OC. The van der Waals surface area contributed by atoms with Gasteiger partial charge in [-0.05, 0) is 36.7 Å². The Morgan fingerprint density at radius 1 is 1.08 bits per heavy atom. The Kier molecular flexibility index (Phi) is 7.22. The summed E-state index contributed by atoms with van der Waals surface area (Å²) in [5.41, 5.74) is 1.55. The van der Waals surface area contributed by atoms with Gasteiger partial charge in [-0.2, -0.15) is 0 Å². The van der Waals surface area contributed by atoms with Gasteiger partial charge < -0.3 is 20.1 Å².